The molecular weight excluding hydrogens is 410 g/mol. The molecule has 1 fully saturated rings. The van der Waals surface area contributed by atoms with Gasteiger partial charge >= 0.3 is 0 Å². The van der Waals surface area contributed by atoms with Crippen molar-refractivity contribution < 1.29 is 19.1 Å². The molecule has 1 aliphatic carbocycles. The van der Waals surface area contributed by atoms with Crippen LogP contribution in [0.4, 0.5) is 5.69 Å². The smallest absolute Gasteiger partial charge is 0.237 e. The minimum absolute atomic E-state index is 0.0553. The second-order valence-corrected chi connectivity index (χ2v) is 8.48. The van der Waals surface area contributed by atoms with E-state index in [1.54, 1.807) is 4.90 Å². The molecule has 9 nitrogen and oxygen atoms in total. The number of hydrogen-bond donors (Lipinski definition) is 2. The van der Waals surface area contributed by atoms with Gasteiger partial charge in [-0.25, -0.2) is 4.99 Å². The number of rotatable bonds is 8. The number of hydrogen-bond acceptors (Lipinski definition) is 6. The Morgan fingerprint density at radius 1 is 1.25 bits per heavy atom. The van der Waals surface area contributed by atoms with Crippen molar-refractivity contribution >= 4 is 29.4 Å². The molecule has 9 heteroatoms. The third-order valence-corrected chi connectivity index (χ3v) is 5.89. The summed E-state index contributed by atoms with van der Waals surface area (Å²) in [6, 6.07) is 5.88. The molecule has 1 aromatic rings. The van der Waals surface area contributed by atoms with Crippen molar-refractivity contribution in [1.29, 1.82) is 0 Å². The number of guanidine groups is 1. The second kappa shape index (κ2) is 11.0. The van der Waals surface area contributed by atoms with E-state index in [2.05, 4.69) is 10.3 Å². The minimum atomic E-state index is -0.512. The van der Waals surface area contributed by atoms with Gasteiger partial charge in [-0.1, -0.05) is 19.3 Å². The predicted octanol–water partition coefficient (Wildman–Crippen LogP) is 2.06. The largest absolute Gasteiger partial charge is 0.494 e. The molecule has 1 heterocycles. The van der Waals surface area contributed by atoms with E-state index < -0.39 is 5.91 Å². The lowest BCUT2D eigenvalue weighted by molar-refractivity contribution is -0.132. The highest BCUT2D eigenvalue weighted by atomic mass is 16.5. The van der Waals surface area contributed by atoms with Crippen molar-refractivity contribution in [2.45, 2.75) is 64.5 Å². The van der Waals surface area contributed by atoms with E-state index >= 15 is 0 Å². The highest BCUT2D eigenvalue weighted by molar-refractivity contribution is 5.99. The van der Waals surface area contributed by atoms with Crippen LogP contribution in [0.5, 0.6) is 5.75 Å². The Morgan fingerprint density at radius 2 is 2.00 bits per heavy atom. The zero-order chi connectivity index (χ0) is 23.1. The number of nitrogens with two attached hydrogens (primary N) is 1. The van der Waals surface area contributed by atoms with Crippen LogP contribution in [-0.2, 0) is 20.9 Å². The summed E-state index contributed by atoms with van der Waals surface area (Å²) in [5, 5.41) is 2.64. The molecule has 3 amide bonds. The summed E-state index contributed by atoms with van der Waals surface area (Å²) in [4.78, 5) is 43.3. The first kappa shape index (κ1) is 23.6. The number of carbonyl (C=O) groups excluding carboxylic acids is 3. The van der Waals surface area contributed by atoms with Gasteiger partial charge < -0.3 is 20.3 Å². The van der Waals surface area contributed by atoms with Crippen LogP contribution in [0.2, 0.25) is 0 Å². The Bertz CT molecular complexity index is 879. The summed E-state index contributed by atoms with van der Waals surface area (Å²) >= 11 is 0. The number of carbonyl (C=O) groups is 3. The van der Waals surface area contributed by atoms with Gasteiger partial charge in [-0.2, -0.15) is 0 Å². The van der Waals surface area contributed by atoms with Crippen LogP contribution >= 0.6 is 0 Å². The zero-order valence-corrected chi connectivity index (χ0v) is 18.9. The Balaban J connectivity index is 1.53. The van der Waals surface area contributed by atoms with Crippen LogP contribution in [0, 0.1) is 0 Å². The number of aliphatic imine (C=N–C) groups is 1. The van der Waals surface area contributed by atoms with Crippen molar-refractivity contribution in [2.75, 3.05) is 20.2 Å². The molecule has 2 aliphatic rings. The van der Waals surface area contributed by atoms with Gasteiger partial charge in [0.25, 0.3) is 0 Å². The van der Waals surface area contributed by atoms with Gasteiger partial charge in [0.2, 0.25) is 23.7 Å². The fourth-order valence-corrected chi connectivity index (χ4v) is 4.20. The molecule has 0 spiro atoms. The molecular formula is C23H33N5O4. The molecule has 1 aromatic carbocycles. The first-order valence-electron chi connectivity index (χ1n) is 11.2. The summed E-state index contributed by atoms with van der Waals surface area (Å²) in [7, 11) is 1.91. The average molecular weight is 444 g/mol. The third kappa shape index (κ3) is 6.45. The van der Waals surface area contributed by atoms with Gasteiger partial charge in [0.05, 0.1) is 18.8 Å². The van der Waals surface area contributed by atoms with Crippen molar-refractivity contribution in [3.8, 4) is 5.75 Å². The Morgan fingerprint density at radius 3 is 2.69 bits per heavy atom. The fourth-order valence-electron chi connectivity index (χ4n) is 4.20. The van der Waals surface area contributed by atoms with Gasteiger partial charge in [0, 0.05) is 38.5 Å². The molecule has 1 saturated carbocycles. The average Bonchev–Trinajstić information content (AvgIpc) is 2.76. The van der Waals surface area contributed by atoms with Crippen molar-refractivity contribution in [2.24, 2.45) is 10.7 Å². The quantitative estimate of drug-likeness (QED) is 0.597. The second-order valence-electron chi connectivity index (χ2n) is 8.48. The van der Waals surface area contributed by atoms with E-state index in [4.69, 9.17) is 10.5 Å². The molecule has 0 aromatic heterocycles. The summed E-state index contributed by atoms with van der Waals surface area (Å²) in [6.07, 6.45) is 7.00. The van der Waals surface area contributed by atoms with E-state index in [-0.39, 0.29) is 18.4 Å². The van der Waals surface area contributed by atoms with Gasteiger partial charge in [0.15, 0.2) is 0 Å². The van der Waals surface area contributed by atoms with Crippen molar-refractivity contribution in [3.05, 3.63) is 23.8 Å². The maximum absolute atomic E-state index is 12.5. The van der Waals surface area contributed by atoms with E-state index in [0.717, 1.165) is 18.4 Å². The monoisotopic (exact) mass is 443 g/mol. The van der Waals surface area contributed by atoms with Gasteiger partial charge in [-0.3, -0.25) is 19.7 Å². The van der Waals surface area contributed by atoms with Crippen LogP contribution in [0.15, 0.2) is 23.2 Å². The maximum atomic E-state index is 12.5. The van der Waals surface area contributed by atoms with Gasteiger partial charge in [-0.15, -0.1) is 0 Å². The minimum Gasteiger partial charge on any atom is -0.494 e. The number of nitrogens with zero attached hydrogens (tertiary/aromatic N) is 3. The number of ether oxygens (including phenoxy) is 1. The normalized spacial score (nSPS) is 16.1. The maximum Gasteiger partial charge on any atom is 0.237 e. The lowest BCUT2D eigenvalue weighted by atomic mass is 9.94. The lowest BCUT2D eigenvalue weighted by Crippen LogP contribution is -2.47. The SMILES string of the molecule is CC(=O)NC1=Nc2ccc(OCCCC(=O)N(C)C3CCCCC3)cc2CN1CC(N)=O. The van der Waals surface area contributed by atoms with Crippen molar-refractivity contribution in [3.63, 3.8) is 0 Å². The number of fused-ring (bicyclic) bond motifs is 1. The van der Waals surface area contributed by atoms with Crippen LogP contribution in [0.25, 0.3) is 0 Å². The molecule has 0 saturated heterocycles. The number of benzene rings is 1. The van der Waals surface area contributed by atoms with E-state index in [9.17, 15) is 14.4 Å². The van der Waals surface area contributed by atoms with Gasteiger partial charge in [-0.05, 0) is 37.5 Å². The molecule has 0 radical (unpaired) electrons. The zero-order valence-electron chi connectivity index (χ0n) is 18.9. The summed E-state index contributed by atoms with van der Waals surface area (Å²) in [5.74, 6) is 0.368. The van der Waals surface area contributed by atoms with E-state index in [0.29, 0.717) is 49.4 Å². The summed E-state index contributed by atoms with van der Waals surface area (Å²) in [5.41, 5.74) is 6.90. The molecule has 0 unspecified atom stereocenters. The van der Waals surface area contributed by atoms with Crippen LogP contribution in [0.1, 0.15) is 57.4 Å². The molecule has 3 N–H and O–H groups in total. The Hall–Kier alpha value is -3.10. The molecule has 1 aliphatic heterocycles. The summed E-state index contributed by atoms with van der Waals surface area (Å²) in [6.45, 7) is 2.14. The van der Waals surface area contributed by atoms with Crippen LogP contribution in [-0.4, -0.2) is 59.7 Å². The highest BCUT2D eigenvalue weighted by Crippen LogP contribution is 2.29. The fraction of sp³-hybridized carbons (Fsp3) is 0.565. The van der Waals surface area contributed by atoms with Crippen LogP contribution in [0.3, 0.4) is 0 Å². The topological polar surface area (TPSA) is 117 Å². The predicted molar refractivity (Wildman–Crippen MR) is 121 cm³/mol. The number of nitrogens with one attached hydrogen (secondary N) is 1. The van der Waals surface area contributed by atoms with E-state index in [1.807, 2.05) is 30.1 Å². The molecule has 174 valence electrons. The molecule has 32 heavy (non-hydrogen) atoms. The first-order chi connectivity index (χ1) is 15.3. The van der Waals surface area contributed by atoms with Crippen molar-refractivity contribution in [1.82, 2.24) is 15.1 Å². The number of primary amides is 1. The lowest BCUT2D eigenvalue weighted by Gasteiger charge is -2.31. The summed E-state index contributed by atoms with van der Waals surface area (Å²) < 4.78 is 5.86. The molecule has 0 atom stereocenters. The highest BCUT2D eigenvalue weighted by Gasteiger charge is 2.23. The first-order valence-corrected chi connectivity index (χ1v) is 11.2. The van der Waals surface area contributed by atoms with E-state index in [1.165, 1.54) is 26.2 Å². The number of amides is 3. The molecule has 0 bridgehead atoms. The van der Waals surface area contributed by atoms with Gasteiger partial charge in [0.1, 0.15) is 5.75 Å². The Labute approximate surface area is 189 Å². The molecule has 3 rings (SSSR count). The standard InChI is InChI=1S/C23H33N5O4/c1-16(29)25-23-26-20-11-10-19(13-17(20)14-28(23)15-21(24)30)32-12-6-9-22(31)27(2)18-7-4-3-5-8-18/h10-11,13,18H,3-9,12,14-15H2,1-2H3,(H2,24,30)(H,25,26,29). The van der Waals surface area contributed by atoms with Crippen LogP contribution < -0.4 is 15.8 Å². The third-order valence-electron chi connectivity index (χ3n) is 5.89. The Kier molecular flexibility index (Phi) is 8.08.